The molecule has 0 saturated heterocycles. The molecule has 0 spiro atoms. The molecule has 27 heavy (non-hydrogen) atoms. The molecule has 0 bridgehead atoms. The Morgan fingerprint density at radius 2 is 1.93 bits per heavy atom. The number of carbonyl (C=O) groups excluding carboxylic acids is 1. The van der Waals surface area contributed by atoms with Crippen molar-refractivity contribution >= 4 is 22.5 Å². The highest BCUT2D eigenvalue weighted by Gasteiger charge is 2.09. The van der Waals surface area contributed by atoms with Gasteiger partial charge in [-0.15, -0.1) is 0 Å². The molecule has 0 atom stereocenters. The Morgan fingerprint density at radius 1 is 1.11 bits per heavy atom. The lowest BCUT2D eigenvalue weighted by Crippen LogP contribution is -2.28. The van der Waals surface area contributed by atoms with Crippen molar-refractivity contribution in [2.24, 2.45) is 0 Å². The maximum absolute atomic E-state index is 12.6. The molecule has 1 amide bonds. The third-order valence-electron chi connectivity index (χ3n) is 4.32. The SMILES string of the molecule is Cc1cccc2c(=O)n(CC(=O)Nc3ccc(-n4ccnc4)cc3)cnc12. The molecular formula is C20H17N5O2. The fraction of sp³-hybridized carbons (Fsp3) is 0.100. The van der Waals surface area contributed by atoms with Crippen molar-refractivity contribution in [2.45, 2.75) is 13.5 Å². The third-order valence-corrected chi connectivity index (χ3v) is 4.32. The summed E-state index contributed by atoms with van der Waals surface area (Å²) in [6, 6.07) is 12.8. The Labute approximate surface area is 154 Å². The first kappa shape index (κ1) is 16.7. The number of aryl methyl sites for hydroxylation is 1. The zero-order valence-corrected chi connectivity index (χ0v) is 14.7. The summed E-state index contributed by atoms with van der Waals surface area (Å²) >= 11 is 0. The van der Waals surface area contributed by atoms with E-state index in [1.165, 1.54) is 10.9 Å². The van der Waals surface area contributed by atoms with Gasteiger partial charge in [0.25, 0.3) is 5.56 Å². The summed E-state index contributed by atoms with van der Waals surface area (Å²) in [7, 11) is 0. The number of benzene rings is 2. The van der Waals surface area contributed by atoms with Gasteiger partial charge in [0.1, 0.15) is 6.54 Å². The second kappa shape index (κ2) is 6.87. The van der Waals surface area contributed by atoms with E-state index in [0.717, 1.165) is 11.3 Å². The molecule has 0 saturated carbocycles. The zero-order chi connectivity index (χ0) is 18.8. The summed E-state index contributed by atoms with van der Waals surface area (Å²) in [5, 5.41) is 3.31. The van der Waals surface area contributed by atoms with Gasteiger partial charge in [0.05, 0.1) is 23.6 Å². The summed E-state index contributed by atoms with van der Waals surface area (Å²) < 4.78 is 3.19. The summed E-state index contributed by atoms with van der Waals surface area (Å²) in [5.41, 5.74) is 2.96. The number of aromatic nitrogens is 4. The van der Waals surface area contributed by atoms with Gasteiger partial charge < -0.3 is 9.88 Å². The molecule has 0 radical (unpaired) electrons. The maximum Gasteiger partial charge on any atom is 0.261 e. The molecule has 0 fully saturated rings. The quantitative estimate of drug-likeness (QED) is 0.607. The number of hydrogen-bond donors (Lipinski definition) is 1. The number of nitrogens with zero attached hydrogens (tertiary/aromatic N) is 4. The standard InChI is InChI=1S/C20H17N5O2/c1-14-3-2-4-17-19(14)22-13-25(20(17)27)11-18(26)23-15-5-7-16(8-6-15)24-10-9-21-12-24/h2-10,12-13H,11H2,1H3,(H,23,26). The predicted molar refractivity (Wildman–Crippen MR) is 103 cm³/mol. The van der Waals surface area contributed by atoms with Crippen LogP contribution < -0.4 is 10.9 Å². The Kier molecular flexibility index (Phi) is 4.25. The molecule has 2 aromatic heterocycles. The lowest BCUT2D eigenvalue weighted by molar-refractivity contribution is -0.116. The van der Waals surface area contributed by atoms with Crippen LogP contribution in [0.3, 0.4) is 0 Å². The molecule has 7 heteroatoms. The minimum Gasteiger partial charge on any atom is -0.325 e. The van der Waals surface area contributed by atoms with Crippen LogP contribution in [-0.4, -0.2) is 25.0 Å². The first-order valence-electron chi connectivity index (χ1n) is 8.45. The molecule has 4 aromatic rings. The molecule has 7 nitrogen and oxygen atoms in total. The van der Waals surface area contributed by atoms with Crippen molar-refractivity contribution in [1.29, 1.82) is 0 Å². The Balaban J connectivity index is 1.50. The van der Waals surface area contributed by atoms with Gasteiger partial charge in [-0.05, 0) is 42.8 Å². The Morgan fingerprint density at radius 3 is 2.67 bits per heavy atom. The number of rotatable bonds is 4. The van der Waals surface area contributed by atoms with E-state index in [9.17, 15) is 9.59 Å². The highest BCUT2D eigenvalue weighted by atomic mass is 16.2. The first-order chi connectivity index (χ1) is 13.1. The van der Waals surface area contributed by atoms with Gasteiger partial charge in [0.2, 0.25) is 5.91 Å². The average Bonchev–Trinajstić information content (AvgIpc) is 3.20. The van der Waals surface area contributed by atoms with Crippen molar-refractivity contribution in [3.63, 3.8) is 0 Å². The van der Waals surface area contributed by atoms with Crippen LogP contribution in [0.5, 0.6) is 0 Å². The van der Waals surface area contributed by atoms with E-state index in [1.807, 2.05) is 42.0 Å². The van der Waals surface area contributed by atoms with Crippen LogP contribution in [0.4, 0.5) is 5.69 Å². The number of fused-ring (bicyclic) bond motifs is 1. The van der Waals surface area contributed by atoms with Crippen LogP contribution in [0.1, 0.15) is 5.56 Å². The van der Waals surface area contributed by atoms with Crippen molar-refractivity contribution in [3.8, 4) is 5.69 Å². The lowest BCUT2D eigenvalue weighted by Gasteiger charge is -2.09. The smallest absolute Gasteiger partial charge is 0.261 e. The monoisotopic (exact) mass is 359 g/mol. The van der Waals surface area contributed by atoms with Gasteiger partial charge in [0.15, 0.2) is 0 Å². The Bertz CT molecular complexity index is 1160. The Hall–Kier alpha value is -3.74. The normalized spacial score (nSPS) is 10.9. The van der Waals surface area contributed by atoms with E-state index in [-0.39, 0.29) is 18.0 Å². The van der Waals surface area contributed by atoms with Gasteiger partial charge in [-0.2, -0.15) is 0 Å². The van der Waals surface area contributed by atoms with Gasteiger partial charge in [0, 0.05) is 23.8 Å². The van der Waals surface area contributed by atoms with Crippen molar-refractivity contribution in [2.75, 3.05) is 5.32 Å². The lowest BCUT2D eigenvalue weighted by atomic mass is 10.1. The van der Waals surface area contributed by atoms with Crippen molar-refractivity contribution in [1.82, 2.24) is 19.1 Å². The molecule has 1 N–H and O–H groups in total. The second-order valence-electron chi connectivity index (χ2n) is 6.21. The largest absolute Gasteiger partial charge is 0.325 e. The molecule has 0 aliphatic rings. The van der Waals surface area contributed by atoms with Crippen LogP contribution in [-0.2, 0) is 11.3 Å². The molecule has 0 unspecified atom stereocenters. The number of anilines is 1. The number of hydrogen-bond acceptors (Lipinski definition) is 4. The van der Waals surface area contributed by atoms with Gasteiger partial charge >= 0.3 is 0 Å². The van der Waals surface area contributed by atoms with Crippen LogP contribution >= 0.6 is 0 Å². The number of para-hydroxylation sites is 1. The molecule has 0 aliphatic heterocycles. The third kappa shape index (κ3) is 3.35. The molecule has 0 aliphatic carbocycles. The van der Waals surface area contributed by atoms with E-state index in [4.69, 9.17) is 0 Å². The van der Waals surface area contributed by atoms with Crippen molar-refractivity contribution in [3.05, 3.63) is 83.4 Å². The highest BCUT2D eigenvalue weighted by Crippen LogP contribution is 2.14. The van der Waals surface area contributed by atoms with Gasteiger partial charge in [-0.3, -0.25) is 14.2 Å². The maximum atomic E-state index is 12.6. The summed E-state index contributed by atoms with van der Waals surface area (Å²) in [4.78, 5) is 33.2. The van der Waals surface area contributed by atoms with E-state index in [1.54, 1.807) is 30.7 Å². The summed E-state index contributed by atoms with van der Waals surface area (Å²) in [6.45, 7) is 1.80. The minimum atomic E-state index is -0.290. The number of amides is 1. The van der Waals surface area contributed by atoms with Crippen LogP contribution in [0.2, 0.25) is 0 Å². The molecule has 2 heterocycles. The van der Waals surface area contributed by atoms with Gasteiger partial charge in [-0.1, -0.05) is 12.1 Å². The topological polar surface area (TPSA) is 81.8 Å². The van der Waals surface area contributed by atoms with E-state index >= 15 is 0 Å². The van der Waals surface area contributed by atoms with E-state index in [2.05, 4.69) is 15.3 Å². The second-order valence-corrected chi connectivity index (χ2v) is 6.21. The molecule has 134 valence electrons. The van der Waals surface area contributed by atoms with Crippen molar-refractivity contribution < 1.29 is 4.79 Å². The first-order valence-corrected chi connectivity index (χ1v) is 8.45. The molecule has 2 aromatic carbocycles. The molecular weight excluding hydrogens is 342 g/mol. The van der Waals surface area contributed by atoms with Crippen LogP contribution in [0.15, 0.2) is 72.3 Å². The zero-order valence-electron chi connectivity index (χ0n) is 14.7. The minimum absolute atomic E-state index is 0.0982. The van der Waals surface area contributed by atoms with Gasteiger partial charge in [-0.25, -0.2) is 9.97 Å². The average molecular weight is 359 g/mol. The number of imidazole rings is 1. The van der Waals surface area contributed by atoms with E-state index in [0.29, 0.717) is 16.6 Å². The summed E-state index contributed by atoms with van der Waals surface area (Å²) in [5.74, 6) is -0.290. The highest BCUT2D eigenvalue weighted by molar-refractivity contribution is 5.91. The number of carbonyl (C=O) groups is 1. The fourth-order valence-electron chi connectivity index (χ4n) is 2.93. The fourth-order valence-corrected chi connectivity index (χ4v) is 2.93. The van der Waals surface area contributed by atoms with E-state index < -0.39 is 0 Å². The predicted octanol–water partition coefficient (Wildman–Crippen LogP) is 2.53. The molecule has 4 rings (SSSR count). The van der Waals surface area contributed by atoms with Crippen LogP contribution in [0, 0.1) is 6.92 Å². The van der Waals surface area contributed by atoms with Crippen LogP contribution in [0.25, 0.3) is 16.6 Å². The summed E-state index contributed by atoms with van der Waals surface area (Å²) in [6.07, 6.45) is 6.66. The number of nitrogens with one attached hydrogen (secondary N) is 1.